The van der Waals surface area contributed by atoms with E-state index in [2.05, 4.69) is 15.5 Å². The Hall–Kier alpha value is -1.89. The van der Waals surface area contributed by atoms with E-state index in [1.165, 1.54) is 11.8 Å². The van der Waals surface area contributed by atoms with Crippen molar-refractivity contribution in [3.63, 3.8) is 0 Å². The summed E-state index contributed by atoms with van der Waals surface area (Å²) < 4.78 is 1.75. The minimum atomic E-state index is -0.372. The van der Waals surface area contributed by atoms with E-state index >= 15 is 0 Å². The molecule has 1 heterocycles. The van der Waals surface area contributed by atoms with E-state index in [4.69, 9.17) is 0 Å². The van der Waals surface area contributed by atoms with Gasteiger partial charge >= 0.3 is 0 Å². The molecule has 0 saturated heterocycles. The Bertz CT molecular complexity index is 633. The molecule has 22 heavy (non-hydrogen) atoms. The van der Waals surface area contributed by atoms with Gasteiger partial charge < -0.3 is 4.90 Å². The van der Waals surface area contributed by atoms with E-state index in [0.29, 0.717) is 5.16 Å². The molecule has 0 aliphatic carbocycles. The molecule has 0 saturated carbocycles. The highest BCUT2D eigenvalue weighted by Crippen LogP contribution is 2.36. The summed E-state index contributed by atoms with van der Waals surface area (Å²) >= 11 is 1.37. The number of thioether (sulfide) groups is 1. The number of amides is 1. The molecule has 0 aliphatic heterocycles. The molecule has 0 spiro atoms. The van der Waals surface area contributed by atoms with Crippen molar-refractivity contribution in [3.05, 3.63) is 35.9 Å². The lowest BCUT2D eigenvalue weighted by molar-refractivity contribution is -0.128. The number of hydrogen-bond donors (Lipinski definition) is 0. The summed E-state index contributed by atoms with van der Waals surface area (Å²) in [7, 11) is 3.51. The first-order valence-corrected chi connectivity index (χ1v) is 7.90. The molecule has 0 fully saturated rings. The third-order valence-electron chi connectivity index (χ3n) is 3.07. The molecule has 2 rings (SSSR count). The topological polar surface area (TPSA) is 63.9 Å². The van der Waals surface area contributed by atoms with Crippen LogP contribution in [0, 0.1) is 0 Å². The van der Waals surface area contributed by atoms with Gasteiger partial charge in [-0.1, -0.05) is 42.1 Å². The molecule has 2 aromatic rings. The Morgan fingerprint density at radius 1 is 1.23 bits per heavy atom. The molecule has 6 nitrogen and oxygen atoms in total. The number of benzene rings is 1. The summed E-state index contributed by atoms with van der Waals surface area (Å²) in [6, 6.07) is 9.69. The van der Waals surface area contributed by atoms with Crippen LogP contribution in [-0.4, -0.2) is 45.1 Å². The predicted octanol–water partition coefficient (Wildman–Crippen LogP) is 2.35. The summed E-state index contributed by atoms with van der Waals surface area (Å²) in [6.07, 6.45) is 0. The van der Waals surface area contributed by atoms with Crippen molar-refractivity contribution in [3.8, 4) is 0 Å². The third kappa shape index (κ3) is 3.65. The highest BCUT2D eigenvalue weighted by molar-refractivity contribution is 8.00. The molecule has 7 heteroatoms. The van der Waals surface area contributed by atoms with Crippen LogP contribution in [0.1, 0.15) is 31.6 Å². The lowest BCUT2D eigenvalue weighted by Gasteiger charge is -2.23. The summed E-state index contributed by atoms with van der Waals surface area (Å²) in [5.41, 5.74) is 0.698. The fraction of sp³-hybridized carbons (Fsp3) is 0.467. The second-order valence-electron chi connectivity index (χ2n) is 6.19. The largest absolute Gasteiger partial charge is 0.348 e. The second kappa shape index (κ2) is 6.48. The van der Waals surface area contributed by atoms with E-state index in [1.807, 2.05) is 51.1 Å². The van der Waals surface area contributed by atoms with Gasteiger partial charge in [0.05, 0.1) is 5.54 Å². The molecular formula is C15H21N5OS. The van der Waals surface area contributed by atoms with Crippen molar-refractivity contribution in [1.82, 2.24) is 25.1 Å². The second-order valence-corrected chi connectivity index (χ2v) is 7.26. The Kier molecular flexibility index (Phi) is 4.85. The van der Waals surface area contributed by atoms with Crippen LogP contribution in [0.15, 0.2) is 35.5 Å². The first-order chi connectivity index (χ1) is 10.3. The smallest absolute Gasteiger partial charge is 0.240 e. The SMILES string of the molecule is CN(C)C(=O)[C@H](Sc1nnnn1C(C)(C)C)c1ccccc1. The number of tetrazole rings is 1. The number of aromatic nitrogens is 4. The maximum atomic E-state index is 12.6. The maximum absolute atomic E-state index is 12.6. The minimum Gasteiger partial charge on any atom is -0.348 e. The summed E-state index contributed by atoms with van der Waals surface area (Å²) in [6.45, 7) is 6.08. The number of rotatable bonds is 4. The van der Waals surface area contributed by atoms with E-state index in [0.717, 1.165) is 5.56 Å². The predicted molar refractivity (Wildman–Crippen MR) is 86.5 cm³/mol. The number of carbonyl (C=O) groups excluding carboxylic acids is 1. The van der Waals surface area contributed by atoms with Crippen LogP contribution >= 0.6 is 11.8 Å². The van der Waals surface area contributed by atoms with Gasteiger partial charge in [-0.25, -0.2) is 4.68 Å². The molecule has 1 aromatic carbocycles. The van der Waals surface area contributed by atoms with Crippen LogP contribution < -0.4 is 0 Å². The van der Waals surface area contributed by atoms with E-state index in [1.54, 1.807) is 23.7 Å². The van der Waals surface area contributed by atoms with E-state index in [-0.39, 0.29) is 16.7 Å². The van der Waals surface area contributed by atoms with Gasteiger partial charge in [-0.05, 0) is 36.8 Å². The Balaban J connectivity index is 2.36. The molecule has 0 unspecified atom stereocenters. The van der Waals surface area contributed by atoms with Crippen LogP contribution in [0.3, 0.4) is 0 Å². The summed E-state index contributed by atoms with van der Waals surface area (Å²) in [5.74, 6) is 0.0136. The lowest BCUT2D eigenvalue weighted by atomic mass is 10.1. The minimum absolute atomic E-state index is 0.0136. The average molecular weight is 319 g/mol. The Morgan fingerprint density at radius 3 is 2.41 bits per heavy atom. The molecule has 1 aromatic heterocycles. The van der Waals surface area contributed by atoms with Crippen LogP contribution in [0.2, 0.25) is 0 Å². The third-order valence-corrected chi connectivity index (χ3v) is 4.24. The highest BCUT2D eigenvalue weighted by Gasteiger charge is 2.28. The molecule has 0 radical (unpaired) electrons. The fourth-order valence-electron chi connectivity index (χ4n) is 1.90. The molecule has 0 bridgehead atoms. The zero-order valence-electron chi connectivity index (χ0n) is 13.5. The van der Waals surface area contributed by atoms with Crippen molar-refractivity contribution in [2.45, 2.75) is 36.7 Å². The van der Waals surface area contributed by atoms with Crippen molar-refractivity contribution in [1.29, 1.82) is 0 Å². The van der Waals surface area contributed by atoms with Gasteiger partial charge in [0.1, 0.15) is 5.25 Å². The molecule has 0 N–H and O–H groups in total. The molecular weight excluding hydrogens is 298 g/mol. The van der Waals surface area contributed by atoms with Crippen LogP contribution in [0.5, 0.6) is 0 Å². The van der Waals surface area contributed by atoms with Gasteiger partial charge in [-0.2, -0.15) is 0 Å². The van der Waals surface area contributed by atoms with Crippen molar-refractivity contribution >= 4 is 17.7 Å². The number of carbonyl (C=O) groups is 1. The number of likely N-dealkylation sites (N-methyl/N-ethyl adjacent to an activating group) is 1. The molecule has 1 atom stereocenters. The normalized spacial score (nSPS) is 13.0. The van der Waals surface area contributed by atoms with Crippen molar-refractivity contribution in [2.24, 2.45) is 0 Å². The van der Waals surface area contributed by atoms with Crippen molar-refractivity contribution in [2.75, 3.05) is 14.1 Å². The standard InChI is InChI=1S/C15H21N5OS/c1-15(2,3)20-14(16-17-18-20)22-12(13(21)19(4)5)11-9-7-6-8-10-11/h6-10,12H,1-5H3/t12-/m1/s1. The van der Waals surface area contributed by atoms with Crippen molar-refractivity contribution < 1.29 is 4.79 Å². The van der Waals surface area contributed by atoms with Gasteiger partial charge in [0.15, 0.2) is 0 Å². The Labute approximate surface area is 134 Å². The first-order valence-electron chi connectivity index (χ1n) is 7.02. The Morgan fingerprint density at radius 2 is 1.86 bits per heavy atom. The zero-order chi connectivity index (χ0) is 16.3. The quantitative estimate of drug-likeness (QED) is 0.810. The highest BCUT2D eigenvalue weighted by atomic mass is 32.2. The summed E-state index contributed by atoms with van der Waals surface area (Å²) in [5, 5.41) is 12.2. The number of nitrogens with zero attached hydrogens (tertiary/aromatic N) is 5. The van der Waals surface area contributed by atoms with E-state index < -0.39 is 0 Å². The lowest BCUT2D eigenvalue weighted by Crippen LogP contribution is -2.28. The summed E-state index contributed by atoms with van der Waals surface area (Å²) in [4.78, 5) is 14.2. The van der Waals surface area contributed by atoms with Gasteiger partial charge in [-0.15, -0.1) is 5.10 Å². The molecule has 1 amide bonds. The zero-order valence-corrected chi connectivity index (χ0v) is 14.3. The molecule has 0 aliphatic rings. The number of hydrogen-bond acceptors (Lipinski definition) is 5. The van der Waals surface area contributed by atoms with Gasteiger partial charge in [-0.3, -0.25) is 4.79 Å². The maximum Gasteiger partial charge on any atom is 0.240 e. The van der Waals surface area contributed by atoms with Crippen LogP contribution in [0.4, 0.5) is 0 Å². The van der Waals surface area contributed by atoms with E-state index in [9.17, 15) is 4.79 Å². The van der Waals surface area contributed by atoms with Gasteiger partial charge in [0, 0.05) is 14.1 Å². The molecule has 118 valence electrons. The van der Waals surface area contributed by atoms with Gasteiger partial charge in [0.2, 0.25) is 11.1 Å². The fourth-order valence-corrected chi connectivity index (χ4v) is 3.21. The monoisotopic (exact) mass is 319 g/mol. The average Bonchev–Trinajstić information content (AvgIpc) is 2.93. The first kappa shape index (κ1) is 16.5. The van der Waals surface area contributed by atoms with Crippen LogP contribution in [0.25, 0.3) is 0 Å². The van der Waals surface area contributed by atoms with Crippen LogP contribution in [-0.2, 0) is 10.3 Å². The van der Waals surface area contributed by atoms with Gasteiger partial charge in [0.25, 0.3) is 0 Å².